The molecule has 0 aliphatic heterocycles. The first-order valence-corrected chi connectivity index (χ1v) is 5.89. The average Bonchev–Trinajstić information content (AvgIpc) is 2.58. The van der Waals surface area contributed by atoms with E-state index in [1.165, 1.54) is 0 Å². The molecule has 96 valence electrons. The van der Waals surface area contributed by atoms with Crippen LogP contribution in [0.3, 0.4) is 0 Å². The molecule has 1 heterocycles. The SMILES string of the molecule is COCC(Cl)CCNC(=O)c1cn(C)nc1C. The van der Waals surface area contributed by atoms with Crippen LogP contribution in [0.2, 0.25) is 0 Å². The first-order valence-electron chi connectivity index (χ1n) is 5.46. The van der Waals surface area contributed by atoms with Crippen LogP contribution in [-0.4, -0.2) is 41.3 Å². The van der Waals surface area contributed by atoms with E-state index in [9.17, 15) is 4.79 Å². The number of aromatic nitrogens is 2. The fourth-order valence-electron chi connectivity index (χ4n) is 1.52. The summed E-state index contributed by atoms with van der Waals surface area (Å²) < 4.78 is 6.53. The summed E-state index contributed by atoms with van der Waals surface area (Å²) >= 11 is 5.95. The number of hydrogen-bond acceptors (Lipinski definition) is 3. The third kappa shape index (κ3) is 4.36. The molecule has 1 atom stereocenters. The summed E-state index contributed by atoms with van der Waals surface area (Å²) in [5, 5.41) is 6.85. The fourth-order valence-corrected chi connectivity index (χ4v) is 1.76. The van der Waals surface area contributed by atoms with Crippen LogP contribution in [0.4, 0.5) is 0 Å². The molecule has 17 heavy (non-hydrogen) atoms. The number of carbonyl (C=O) groups is 1. The Labute approximate surface area is 106 Å². The van der Waals surface area contributed by atoms with Crippen LogP contribution in [0.15, 0.2) is 6.20 Å². The second kappa shape index (κ2) is 6.61. The molecule has 1 aromatic heterocycles. The molecule has 5 nitrogen and oxygen atoms in total. The Hall–Kier alpha value is -1.07. The number of nitrogens with one attached hydrogen (secondary N) is 1. The molecule has 1 N–H and O–H groups in total. The first-order chi connectivity index (χ1) is 8.04. The van der Waals surface area contributed by atoms with E-state index in [1.807, 2.05) is 6.92 Å². The van der Waals surface area contributed by atoms with E-state index in [2.05, 4.69) is 10.4 Å². The van der Waals surface area contributed by atoms with E-state index in [0.29, 0.717) is 25.1 Å². The highest BCUT2D eigenvalue weighted by Crippen LogP contribution is 2.05. The van der Waals surface area contributed by atoms with E-state index >= 15 is 0 Å². The molecule has 0 saturated heterocycles. The maximum Gasteiger partial charge on any atom is 0.254 e. The number of carbonyl (C=O) groups excluding carboxylic acids is 1. The van der Waals surface area contributed by atoms with Gasteiger partial charge < -0.3 is 10.1 Å². The van der Waals surface area contributed by atoms with E-state index in [4.69, 9.17) is 16.3 Å². The Morgan fingerprint density at radius 3 is 2.94 bits per heavy atom. The Balaban J connectivity index is 2.37. The van der Waals surface area contributed by atoms with Crippen LogP contribution >= 0.6 is 11.6 Å². The van der Waals surface area contributed by atoms with Gasteiger partial charge in [0.2, 0.25) is 0 Å². The van der Waals surface area contributed by atoms with Crippen LogP contribution < -0.4 is 5.32 Å². The van der Waals surface area contributed by atoms with E-state index < -0.39 is 0 Å². The van der Waals surface area contributed by atoms with E-state index in [-0.39, 0.29) is 11.3 Å². The molecule has 1 unspecified atom stereocenters. The molecule has 0 aliphatic carbocycles. The highest BCUT2D eigenvalue weighted by Gasteiger charge is 2.12. The van der Waals surface area contributed by atoms with E-state index in [0.717, 1.165) is 5.69 Å². The topological polar surface area (TPSA) is 56.1 Å². The third-order valence-electron chi connectivity index (χ3n) is 2.35. The molecule has 0 aliphatic rings. The minimum atomic E-state index is -0.114. The summed E-state index contributed by atoms with van der Waals surface area (Å²) in [6.07, 6.45) is 2.39. The number of aryl methyl sites for hydroxylation is 2. The maximum atomic E-state index is 11.8. The summed E-state index contributed by atoms with van der Waals surface area (Å²) in [7, 11) is 3.39. The number of hydrogen-bond donors (Lipinski definition) is 1. The van der Waals surface area contributed by atoms with Crippen LogP contribution in [0.5, 0.6) is 0 Å². The summed E-state index contributed by atoms with van der Waals surface area (Å²) in [5.41, 5.74) is 1.33. The molecule has 0 aromatic carbocycles. The number of halogens is 1. The number of rotatable bonds is 6. The van der Waals surface area contributed by atoms with Crippen molar-refractivity contribution in [1.82, 2.24) is 15.1 Å². The van der Waals surface area contributed by atoms with Gasteiger partial charge in [-0.1, -0.05) is 0 Å². The summed E-state index contributed by atoms with van der Waals surface area (Å²) in [6.45, 7) is 2.83. The number of nitrogens with zero attached hydrogens (tertiary/aromatic N) is 2. The Kier molecular flexibility index (Phi) is 5.44. The molecule has 0 fully saturated rings. The van der Waals surface area contributed by atoms with Gasteiger partial charge in [0.15, 0.2) is 0 Å². The van der Waals surface area contributed by atoms with Gasteiger partial charge in [-0.3, -0.25) is 9.48 Å². The van der Waals surface area contributed by atoms with Gasteiger partial charge in [-0.25, -0.2) is 0 Å². The minimum Gasteiger partial charge on any atom is -0.383 e. The smallest absolute Gasteiger partial charge is 0.254 e. The molecule has 0 saturated carbocycles. The summed E-state index contributed by atoms with van der Waals surface area (Å²) in [6, 6.07) is 0. The van der Waals surface area contributed by atoms with Crippen molar-refractivity contribution in [2.75, 3.05) is 20.3 Å². The van der Waals surface area contributed by atoms with Gasteiger partial charge in [-0.05, 0) is 13.3 Å². The van der Waals surface area contributed by atoms with Gasteiger partial charge in [0.1, 0.15) is 0 Å². The normalized spacial score (nSPS) is 12.5. The monoisotopic (exact) mass is 259 g/mol. The first kappa shape index (κ1) is 14.0. The lowest BCUT2D eigenvalue weighted by molar-refractivity contribution is 0.0951. The lowest BCUT2D eigenvalue weighted by Gasteiger charge is -2.08. The highest BCUT2D eigenvalue weighted by molar-refractivity contribution is 6.20. The van der Waals surface area contributed by atoms with Crippen molar-refractivity contribution < 1.29 is 9.53 Å². The number of methoxy groups -OCH3 is 1. The van der Waals surface area contributed by atoms with Gasteiger partial charge in [0.25, 0.3) is 5.91 Å². The zero-order valence-electron chi connectivity index (χ0n) is 10.4. The second-order valence-electron chi connectivity index (χ2n) is 3.90. The molecule has 0 radical (unpaired) electrons. The van der Waals surface area contributed by atoms with Crippen molar-refractivity contribution in [2.24, 2.45) is 7.05 Å². The zero-order chi connectivity index (χ0) is 12.8. The van der Waals surface area contributed by atoms with Crippen molar-refractivity contribution in [3.63, 3.8) is 0 Å². The lowest BCUT2D eigenvalue weighted by atomic mass is 10.2. The van der Waals surface area contributed by atoms with Crippen LogP contribution in [0.1, 0.15) is 22.5 Å². The number of amides is 1. The van der Waals surface area contributed by atoms with Gasteiger partial charge in [-0.2, -0.15) is 5.10 Å². The minimum absolute atomic E-state index is 0.0738. The lowest BCUT2D eigenvalue weighted by Crippen LogP contribution is -2.27. The van der Waals surface area contributed by atoms with Gasteiger partial charge in [0, 0.05) is 26.9 Å². The second-order valence-corrected chi connectivity index (χ2v) is 4.52. The predicted molar refractivity (Wildman–Crippen MR) is 66.4 cm³/mol. The van der Waals surface area contributed by atoms with Crippen LogP contribution in [0, 0.1) is 6.92 Å². The van der Waals surface area contributed by atoms with Crippen molar-refractivity contribution in [1.29, 1.82) is 0 Å². The molecular formula is C11H18ClN3O2. The van der Waals surface area contributed by atoms with Crippen molar-refractivity contribution in [3.05, 3.63) is 17.5 Å². The Morgan fingerprint density at radius 2 is 2.41 bits per heavy atom. The van der Waals surface area contributed by atoms with Gasteiger partial charge in [-0.15, -0.1) is 11.6 Å². The standard InChI is InChI=1S/C11H18ClN3O2/c1-8-10(6-15(2)14-8)11(16)13-5-4-9(12)7-17-3/h6,9H,4-5,7H2,1-3H3,(H,13,16). The predicted octanol–water partition coefficient (Wildman–Crippen LogP) is 1.10. The molecule has 6 heteroatoms. The Bertz CT molecular complexity index is 379. The van der Waals surface area contributed by atoms with Crippen LogP contribution in [-0.2, 0) is 11.8 Å². The third-order valence-corrected chi connectivity index (χ3v) is 2.69. The highest BCUT2D eigenvalue weighted by atomic mass is 35.5. The zero-order valence-corrected chi connectivity index (χ0v) is 11.1. The fraction of sp³-hybridized carbons (Fsp3) is 0.636. The summed E-state index contributed by atoms with van der Waals surface area (Å²) in [5.74, 6) is -0.114. The molecular weight excluding hydrogens is 242 g/mol. The van der Waals surface area contributed by atoms with Gasteiger partial charge >= 0.3 is 0 Å². The molecule has 1 amide bonds. The van der Waals surface area contributed by atoms with Gasteiger partial charge in [0.05, 0.1) is 23.2 Å². The average molecular weight is 260 g/mol. The quantitative estimate of drug-likeness (QED) is 0.779. The maximum absolute atomic E-state index is 11.8. The number of alkyl halides is 1. The Morgan fingerprint density at radius 1 is 1.71 bits per heavy atom. The summed E-state index contributed by atoms with van der Waals surface area (Å²) in [4.78, 5) is 11.8. The van der Waals surface area contributed by atoms with Crippen molar-refractivity contribution in [3.8, 4) is 0 Å². The van der Waals surface area contributed by atoms with Crippen molar-refractivity contribution in [2.45, 2.75) is 18.7 Å². The van der Waals surface area contributed by atoms with Crippen molar-refractivity contribution >= 4 is 17.5 Å². The molecule has 1 aromatic rings. The molecule has 0 spiro atoms. The van der Waals surface area contributed by atoms with E-state index in [1.54, 1.807) is 25.0 Å². The molecule has 1 rings (SSSR count). The van der Waals surface area contributed by atoms with Crippen LogP contribution in [0.25, 0.3) is 0 Å². The largest absolute Gasteiger partial charge is 0.383 e. The molecule has 0 bridgehead atoms. The number of ether oxygens (including phenoxy) is 1.